The zero-order valence-corrected chi connectivity index (χ0v) is 19.6. The largest absolute Gasteiger partial charge is 0.493 e. The van der Waals surface area contributed by atoms with Gasteiger partial charge in [-0.05, 0) is 47.4 Å². The molecule has 1 heterocycles. The van der Waals surface area contributed by atoms with Gasteiger partial charge in [-0.2, -0.15) is 0 Å². The van der Waals surface area contributed by atoms with Crippen molar-refractivity contribution in [1.29, 1.82) is 0 Å². The highest BCUT2D eigenvalue weighted by molar-refractivity contribution is 5.79. The predicted octanol–water partition coefficient (Wildman–Crippen LogP) is 3.04. The van der Waals surface area contributed by atoms with Crippen molar-refractivity contribution in [2.45, 2.75) is 26.2 Å². The average Bonchev–Trinajstić information content (AvgIpc) is 3.16. The topological polar surface area (TPSA) is 107 Å². The minimum atomic E-state index is -0.563. The second-order valence-corrected chi connectivity index (χ2v) is 8.24. The molecule has 2 aliphatic rings. The highest BCUT2D eigenvalue weighted by Crippen LogP contribution is 2.52. The van der Waals surface area contributed by atoms with Crippen LogP contribution in [-0.2, 0) is 25.5 Å². The molecule has 1 aliphatic heterocycles. The van der Waals surface area contributed by atoms with Crippen LogP contribution in [0, 0.1) is 11.8 Å². The molecule has 0 aromatic heterocycles. The van der Waals surface area contributed by atoms with Gasteiger partial charge in [0.2, 0.25) is 5.75 Å². The van der Waals surface area contributed by atoms with Gasteiger partial charge in [0.15, 0.2) is 23.0 Å². The lowest BCUT2D eigenvalue weighted by atomic mass is 9.67. The number of carbonyl (C=O) groups excluding carboxylic acids is 3. The molecule has 1 fully saturated rings. The van der Waals surface area contributed by atoms with Crippen LogP contribution >= 0.6 is 0 Å². The smallest absolute Gasteiger partial charge is 0.310 e. The maximum Gasteiger partial charge on any atom is 0.310 e. The highest BCUT2D eigenvalue weighted by Gasteiger charge is 2.48. The van der Waals surface area contributed by atoms with E-state index in [-0.39, 0.29) is 23.4 Å². The molecule has 0 amide bonds. The van der Waals surface area contributed by atoms with Crippen LogP contribution in [0.3, 0.4) is 0 Å². The number of carbonyl (C=O) groups is 3. The molecule has 0 saturated carbocycles. The summed E-state index contributed by atoms with van der Waals surface area (Å²) in [6.45, 7) is 2.83. The molecule has 2 aromatic rings. The first kappa shape index (κ1) is 23.4. The first-order valence-corrected chi connectivity index (χ1v) is 10.8. The van der Waals surface area contributed by atoms with E-state index in [9.17, 15) is 14.4 Å². The zero-order chi connectivity index (χ0) is 24.6. The molecule has 0 bridgehead atoms. The van der Waals surface area contributed by atoms with Crippen LogP contribution in [0.4, 0.5) is 0 Å². The van der Waals surface area contributed by atoms with E-state index in [0.29, 0.717) is 30.3 Å². The van der Waals surface area contributed by atoms with E-state index in [2.05, 4.69) is 0 Å². The Morgan fingerprint density at radius 2 is 1.44 bits per heavy atom. The van der Waals surface area contributed by atoms with Gasteiger partial charge >= 0.3 is 17.9 Å². The standard InChI is InChI=1S/C25H26O9/c1-12(26)33-18-7-14-6-16-11-32-25(28)23(16)22(17(14)10-19(18)34-13(2)27)15-8-20(29-3)24(31-5)21(9-15)30-4/h7-10,16,22-23H,6,11H2,1-5H3/t16-,22+,23-/m0/s1. The molecule has 0 N–H and O–H groups in total. The summed E-state index contributed by atoms with van der Waals surface area (Å²) in [5, 5.41) is 0. The lowest BCUT2D eigenvalue weighted by Gasteiger charge is -2.34. The normalized spacial score (nSPS) is 20.5. The molecule has 180 valence electrons. The zero-order valence-electron chi connectivity index (χ0n) is 19.6. The number of fused-ring (bicyclic) bond motifs is 2. The summed E-state index contributed by atoms with van der Waals surface area (Å²) in [7, 11) is 4.56. The third kappa shape index (κ3) is 4.13. The third-order valence-electron chi connectivity index (χ3n) is 6.16. The Bertz CT molecular complexity index is 1130. The van der Waals surface area contributed by atoms with Crippen molar-refractivity contribution in [2.24, 2.45) is 11.8 Å². The summed E-state index contributed by atoms with van der Waals surface area (Å²) in [5.74, 6) is -0.806. The Morgan fingerprint density at radius 3 is 1.97 bits per heavy atom. The predicted molar refractivity (Wildman–Crippen MR) is 119 cm³/mol. The molecule has 0 spiro atoms. The maximum atomic E-state index is 12.8. The number of benzene rings is 2. The summed E-state index contributed by atoms with van der Waals surface area (Å²) >= 11 is 0. The molecule has 1 saturated heterocycles. The van der Waals surface area contributed by atoms with E-state index >= 15 is 0 Å². The summed E-state index contributed by atoms with van der Waals surface area (Å²) in [6.07, 6.45) is 0.543. The monoisotopic (exact) mass is 470 g/mol. The first-order chi connectivity index (χ1) is 16.3. The number of hydrogen-bond donors (Lipinski definition) is 0. The van der Waals surface area contributed by atoms with Crippen LogP contribution < -0.4 is 23.7 Å². The second kappa shape index (κ2) is 9.24. The Morgan fingerprint density at radius 1 is 0.853 bits per heavy atom. The van der Waals surface area contributed by atoms with Gasteiger partial charge in [-0.25, -0.2) is 0 Å². The minimum absolute atomic E-state index is 0.0751. The maximum absolute atomic E-state index is 12.8. The van der Waals surface area contributed by atoms with Crippen molar-refractivity contribution in [1.82, 2.24) is 0 Å². The van der Waals surface area contributed by atoms with Gasteiger partial charge in [0.1, 0.15) is 0 Å². The lowest BCUT2D eigenvalue weighted by molar-refractivity contribution is -0.141. The van der Waals surface area contributed by atoms with E-state index in [1.807, 2.05) is 0 Å². The fourth-order valence-corrected chi connectivity index (χ4v) is 4.87. The molecule has 34 heavy (non-hydrogen) atoms. The quantitative estimate of drug-likeness (QED) is 0.465. The van der Waals surface area contributed by atoms with Crippen molar-refractivity contribution >= 4 is 17.9 Å². The fourth-order valence-electron chi connectivity index (χ4n) is 4.87. The number of rotatable bonds is 6. The third-order valence-corrected chi connectivity index (χ3v) is 6.16. The summed E-state index contributed by atoms with van der Waals surface area (Å²) < 4.78 is 32.6. The van der Waals surface area contributed by atoms with Crippen molar-refractivity contribution < 1.29 is 42.8 Å². The van der Waals surface area contributed by atoms with E-state index in [0.717, 1.165) is 16.7 Å². The van der Waals surface area contributed by atoms with E-state index in [1.165, 1.54) is 35.2 Å². The molecular weight excluding hydrogens is 444 g/mol. The van der Waals surface area contributed by atoms with Crippen LogP contribution in [0.1, 0.15) is 36.5 Å². The number of esters is 3. The Labute approximate surface area is 196 Å². The van der Waals surface area contributed by atoms with Crippen LogP contribution in [0.2, 0.25) is 0 Å². The van der Waals surface area contributed by atoms with Crippen molar-refractivity contribution in [3.63, 3.8) is 0 Å². The first-order valence-electron chi connectivity index (χ1n) is 10.8. The molecule has 2 aromatic carbocycles. The highest BCUT2D eigenvalue weighted by atomic mass is 16.6. The van der Waals surface area contributed by atoms with Gasteiger partial charge < -0.3 is 28.4 Å². The summed E-state index contributed by atoms with van der Waals surface area (Å²) in [6, 6.07) is 6.95. The van der Waals surface area contributed by atoms with Crippen LogP contribution in [0.15, 0.2) is 24.3 Å². The average molecular weight is 470 g/mol. The summed E-state index contributed by atoms with van der Waals surface area (Å²) in [4.78, 5) is 36.3. The van der Waals surface area contributed by atoms with Gasteiger partial charge in [-0.15, -0.1) is 0 Å². The SMILES string of the molecule is COc1cc([C@@H]2c3cc(OC(C)=O)c(OC(C)=O)cc3C[C@H]3COC(=O)[C@@H]32)cc(OC)c1OC. The van der Waals surface area contributed by atoms with Crippen molar-refractivity contribution in [2.75, 3.05) is 27.9 Å². The fraction of sp³-hybridized carbons (Fsp3) is 0.400. The lowest BCUT2D eigenvalue weighted by Crippen LogP contribution is -2.31. The van der Waals surface area contributed by atoms with Gasteiger partial charge in [-0.3, -0.25) is 14.4 Å². The van der Waals surface area contributed by atoms with E-state index in [4.69, 9.17) is 28.4 Å². The molecular formula is C25H26O9. The van der Waals surface area contributed by atoms with Crippen LogP contribution in [0.25, 0.3) is 0 Å². The minimum Gasteiger partial charge on any atom is -0.493 e. The number of ether oxygens (including phenoxy) is 6. The molecule has 1 aliphatic carbocycles. The Balaban J connectivity index is 1.94. The molecule has 3 atom stereocenters. The second-order valence-electron chi connectivity index (χ2n) is 8.24. The van der Waals surface area contributed by atoms with Gasteiger partial charge in [-0.1, -0.05) is 0 Å². The Hall–Kier alpha value is -3.75. The van der Waals surface area contributed by atoms with E-state index in [1.54, 1.807) is 24.3 Å². The van der Waals surface area contributed by atoms with Gasteiger partial charge in [0.05, 0.1) is 33.9 Å². The molecule has 0 radical (unpaired) electrons. The molecule has 9 heteroatoms. The molecule has 4 rings (SSSR count). The Kier molecular flexibility index (Phi) is 6.37. The van der Waals surface area contributed by atoms with Crippen LogP contribution in [-0.4, -0.2) is 45.8 Å². The number of methoxy groups -OCH3 is 3. The van der Waals surface area contributed by atoms with Gasteiger partial charge in [0.25, 0.3) is 0 Å². The molecule has 0 unspecified atom stereocenters. The number of cyclic esters (lactones) is 1. The molecule has 9 nitrogen and oxygen atoms in total. The van der Waals surface area contributed by atoms with Crippen molar-refractivity contribution in [3.05, 3.63) is 41.0 Å². The van der Waals surface area contributed by atoms with Crippen molar-refractivity contribution in [3.8, 4) is 28.7 Å². The van der Waals surface area contributed by atoms with Crippen LogP contribution in [0.5, 0.6) is 28.7 Å². The van der Waals surface area contributed by atoms with E-state index < -0.39 is 23.8 Å². The summed E-state index contributed by atoms with van der Waals surface area (Å²) in [5.41, 5.74) is 2.38. The van der Waals surface area contributed by atoms with Gasteiger partial charge in [0, 0.05) is 25.7 Å². The number of hydrogen-bond acceptors (Lipinski definition) is 9.